The SMILES string of the molecule is O=C([O-])N(CCCN1CCCN(CCCN(Cc2ccccc2)C(=O)[O-])CCN(CCCN(Cc2ccccc2)C(=O)[O-])CCCN(CCCN(Cc2ccccc2)C(=O)[O-])CC1)Cc1ccccc1. The molecule has 16 heteroatoms. The first kappa shape index (κ1) is 54.7. The van der Waals surface area contributed by atoms with Crippen molar-refractivity contribution in [2.24, 2.45) is 0 Å². The van der Waals surface area contributed by atoms with E-state index in [1.54, 1.807) is 0 Å². The van der Waals surface area contributed by atoms with Crippen molar-refractivity contribution in [3.05, 3.63) is 144 Å². The molecule has 0 unspecified atom stereocenters. The third-order valence-electron chi connectivity index (χ3n) is 12.9. The van der Waals surface area contributed by atoms with Gasteiger partial charge in [-0.1, -0.05) is 121 Å². The van der Waals surface area contributed by atoms with Gasteiger partial charge >= 0.3 is 0 Å². The zero-order chi connectivity index (χ0) is 49.8. The van der Waals surface area contributed by atoms with Crippen LogP contribution in [-0.4, -0.2) is 168 Å². The van der Waals surface area contributed by atoms with E-state index in [1.165, 1.54) is 19.6 Å². The average Bonchev–Trinajstić information content (AvgIpc) is 3.35. The molecule has 16 nitrogen and oxygen atoms in total. The Bertz CT molecular complexity index is 1800. The molecule has 1 heterocycles. The maximum Gasteiger partial charge on any atom is 0.137 e. The molecule has 1 saturated heterocycles. The topological polar surface area (TPSA) is 186 Å². The minimum atomic E-state index is -1.21. The molecule has 1 aliphatic heterocycles. The molecule has 0 spiro atoms. The van der Waals surface area contributed by atoms with Gasteiger partial charge in [0.25, 0.3) is 0 Å². The third kappa shape index (κ3) is 21.2. The van der Waals surface area contributed by atoms with Gasteiger partial charge in [0.05, 0.1) is 0 Å². The molecule has 4 aromatic carbocycles. The van der Waals surface area contributed by atoms with Crippen molar-refractivity contribution < 1.29 is 39.6 Å². The fourth-order valence-corrected chi connectivity index (χ4v) is 9.04. The van der Waals surface area contributed by atoms with E-state index in [4.69, 9.17) is 0 Å². The van der Waals surface area contributed by atoms with E-state index in [0.29, 0.717) is 78.0 Å². The van der Waals surface area contributed by atoms with Gasteiger partial charge in [0.2, 0.25) is 0 Å². The second-order valence-electron chi connectivity index (χ2n) is 18.2. The molecule has 0 aromatic heterocycles. The molecule has 0 atom stereocenters. The summed E-state index contributed by atoms with van der Waals surface area (Å²) in [7, 11) is 0. The number of carboxylic acid groups (broad SMARTS) is 4. The quantitative estimate of drug-likeness (QED) is 0.100. The molecule has 0 aliphatic carbocycles. The van der Waals surface area contributed by atoms with Crippen molar-refractivity contribution in [2.75, 3.05) is 105 Å². The van der Waals surface area contributed by atoms with E-state index in [0.717, 1.165) is 87.5 Å². The van der Waals surface area contributed by atoms with Crippen LogP contribution in [0.5, 0.6) is 0 Å². The summed E-state index contributed by atoms with van der Waals surface area (Å²) in [5.74, 6) is 0. The van der Waals surface area contributed by atoms with Crippen LogP contribution < -0.4 is 20.4 Å². The minimum absolute atomic E-state index is 0.250. The van der Waals surface area contributed by atoms with Gasteiger partial charge in [-0.25, -0.2) is 0 Å². The Hall–Kier alpha value is -6.20. The number of hydrogen-bond donors (Lipinski definition) is 0. The van der Waals surface area contributed by atoms with E-state index in [2.05, 4.69) is 19.6 Å². The Morgan fingerprint density at radius 2 is 0.529 bits per heavy atom. The third-order valence-corrected chi connectivity index (χ3v) is 12.9. The van der Waals surface area contributed by atoms with Crippen molar-refractivity contribution in [3.63, 3.8) is 0 Å². The van der Waals surface area contributed by atoms with E-state index in [-0.39, 0.29) is 26.2 Å². The van der Waals surface area contributed by atoms with Crippen molar-refractivity contribution >= 4 is 24.4 Å². The fourth-order valence-electron chi connectivity index (χ4n) is 9.04. The van der Waals surface area contributed by atoms with Crippen molar-refractivity contribution in [1.82, 2.24) is 39.2 Å². The molecule has 4 aromatic rings. The smallest absolute Gasteiger partial charge is 0.137 e. The van der Waals surface area contributed by atoms with Crippen LogP contribution in [0, 0.1) is 0 Å². The van der Waals surface area contributed by atoms with Crippen molar-refractivity contribution in [2.45, 2.75) is 64.7 Å². The van der Waals surface area contributed by atoms with Crippen LogP contribution in [0.4, 0.5) is 19.2 Å². The Morgan fingerprint density at radius 1 is 0.329 bits per heavy atom. The minimum Gasteiger partial charge on any atom is -0.530 e. The van der Waals surface area contributed by atoms with Gasteiger partial charge in [-0.15, -0.1) is 0 Å². The molecular formula is C54H72N8O8-4. The summed E-state index contributed by atoms with van der Waals surface area (Å²) in [5.41, 5.74) is 3.58. The molecule has 1 fully saturated rings. The second kappa shape index (κ2) is 31.1. The largest absolute Gasteiger partial charge is 0.530 e. The number of rotatable bonds is 24. The molecule has 70 heavy (non-hydrogen) atoms. The van der Waals surface area contributed by atoms with Gasteiger partial charge in [-0.05, 0) is 113 Å². The highest BCUT2D eigenvalue weighted by molar-refractivity contribution is 5.63. The van der Waals surface area contributed by atoms with Crippen LogP contribution in [0.2, 0.25) is 0 Å². The van der Waals surface area contributed by atoms with Gasteiger partial charge in [0.1, 0.15) is 24.4 Å². The van der Waals surface area contributed by atoms with E-state index >= 15 is 0 Å². The Morgan fingerprint density at radius 3 is 0.714 bits per heavy atom. The highest BCUT2D eigenvalue weighted by Crippen LogP contribution is 2.12. The van der Waals surface area contributed by atoms with E-state index < -0.39 is 24.4 Å². The Labute approximate surface area is 414 Å². The molecule has 0 N–H and O–H groups in total. The Kier molecular flexibility index (Phi) is 24.3. The Balaban J connectivity index is 1.28. The number of carbonyl (C=O) groups excluding carboxylic acids is 4. The normalized spacial score (nSPS) is 14.9. The maximum atomic E-state index is 12.2. The summed E-state index contributed by atoms with van der Waals surface area (Å²) in [6.45, 7) is 10.9. The summed E-state index contributed by atoms with van der Waals surface area (Å²) in [5, 5.41) is 48.8. The molecule has 0 bridgehead atoms. The molecular weight excluding hydrogens is 889 g/mol. The van der Waals surface area contributed by atoms with Gasteiger partial charge in [0.15, 0.2) is 0 Å². The van der Waals surface area contributed by atoms with Crippen LogP contribution in [0.3, 0.4) is 0 Å². The lowest BCUT2D eigenvalue weighted by Crippen LogP contribution is -2.45. The summed E-state index contributed by atoms with van der Waals surface area (Å²) >= 11 is 0. The lowest BCUT2D eigenvalue weighted by atomic mass is 10.2. The monoisotopic (exact) mass is 961 g/mol. The number of carbonyl (C=O) groups is 4. The molecule has 4 amide bonds. The zero-order valence-corrected chi connectivity index (χ0v) is 40.8. The molecule has 0 radical (unpaired) electrons. The number of hydrogen-bond acceptors (Lipinski definition) is 12. The van der Waals surface area contributed by atoms with Crippen molar-refractivity contribution in [1.29, 1.82) is 0 Å². The zero-order valence-electron chi connectivity index (χ0n) is 40.8. The van der Waals surface area contributed by atoms with Crippen LogP contribution in [0.15, 0.2) is 121 Å². The highest BCUT2D eigenvalue weighted by atomic mass is 16.4. The van der Waals surface area contributed by atoms with E-state index in [9.17, 15) is 39.6 Å². The molecule has 0 saturated carbocycles. The van der Waals surface area contributed by atoms with Crippen LogP contribution >= 0.6 is 0 Å². The summed E-state index contributed by atoms with van der Waals surface area (Å²) < 4.78 is 0. The summed E-state index contributed by atoms with van der Waals surface area (Å²) in [6.07, 6.45) is -0.731. The standard InChI is InChI=1S/C54H76N8O8/c63-51(64)59(43-47-19-5-1-6-20-47)35-15-31-55-27-13-28-57(33-17-37-61(53(67)68)45-49-23-9-3-10-24-49)41-42-58(34-18-38-62(54(69)70)46-50-25-11-4-12-26-50)30-14-29-56(40-39-55)32-16-36-60(52(65)66)44-48-21-7-2-8-22-48/h1-12,19-26H,13-18,27-46H2,(H,63,64)(H,65,66)(H,67,68)(H,69,70)/p-4. The first-order chi connectivity index (χ1) is 34.0. The van der Waals surface area contributed by atoms with Gasteiger partial charge in [-0.2, -0.15) is 0 Å². The number of nitrogens with zero attached hydrogens (tertiary/aromatic N) is 8. The highest BCUT2D eigenvalue weighted by Gasteiger charge is 2.18. The molecule has 380 valence electrons. The van der Waals surface area contributed by atoms with Crippen molar-refractivity contribution in [3.8, 4) is 0 Å². The van der Waals surface area contributed by atoms with Crippen LogP contribution in [-0.2, 0) is 26.2 Å². The first-order valence-corrected chi connectivity index (χ1v) is 24.9. The van der Waals surface area contributed by atoms with E-state index in [1.807, 2.05) is 121 Å². The van der Waals surface area contributed by atoms with Gasteiger partial charge in [-0.3, -0.25) is 0 Å². The molecule has 5 rings (SSSR count). The lowest BCUT2D eigenvalue weighted by Gasteiger charge is -2.34. The predicted octanol–water partition coefficient (Wildman–Crippen LogP) is 2.93. The van der Waals surface area contributed by atoms with Gasteiger partial charge in [0, 0.05) is 78.5 Å². The average molecular weight is 961 g/mol. The summed E-state index contributed by atoms with van der Waals surface area (Å²) in [6, 6.07) is 37.9. The number of amides is 4. The maximum absolute atomic E-state index is 12.2. The summed E-state index contributed by atoms with van der Waals surface area (Å²) in [4.78, 5) is 63.8. The lowest BCUT2D eigenvalue weighted by molar-refractivity contribution is -0.267. The van der Waals surface area contributed by atoms with Crippen LogP contribution in [0.1, 0.15) is 60.8 Å². The fraction of sp³-hybridized carbons (Fsp3) is 0.481. The predicted molar refractivity (Wildman–Crippen MR) is 262 cm³/mol. The van der Waals surface area contributed by atoms with Crippen LogP contribution in [0.25, 0.3) is 0 Å². The van der Waals surface area contributed by atoms with Gasteiger partial charge < -0.3 is 78.8 Å². The second-order valence-corrected chi connectivity index (χ2v) is 18.2. The molecule has 1 aliphatic rings. The first-order valence-electron chi connectivity index (χ1n) is 24.9. The number of benzene rings is 4.